The fraction of sp³-hybridized carbons (Fsp3) is 0.476. The topological polar surface area (TPSA) is 58.1 Å². The molecule has 0 bridgehead atoms. The number of piperidine rings is 1. The van der Waals surface area contributed by atoms with Gasteiger partial charge in [-0.3, -0.25) is 4.79 Å². The molecular weight excluding hydrogens is 343 g/mol. The van der Waals surface area contributed by atoms with Crippen LogP contribution in [0.15, 0.2) is 36.4 Å². The van der Waals surface area contributed by atoms with Crippen LogP contribution in [0, 0.1) is 11.7 Å². The Balaban J connectivity index is 1.50. The van der Waals surface area contributed by atoms with Gasteiger partial charge in [0.2, 0.25) is 5.91 Å². The van der Waals surface area contributed by atoms with E-state index < -0.39 is 0 Å². The third kappa shape index (κ3) is 5.25. The highest BCUT2D eigenvalue weighted by molar-refractivity contribution is 5.78. The molecule has 0 radical (unpaired) electrons. The highest BCUT2D eigenvalue weighted by atomic mass is 19.1. The Morgan fingerprint density at radius 1 is 1.11 bits per heavy atom. The van der Waals surface area contributed by atoms with Crippen LogP contribution < -0.4 is 10.2 Å². The van der Waals surface area contributed by atoms with Crippen molar-refractivity contribution >= 4 is 11.7 Å². The normalized spacial score (nSPS) is 15.0. The summed E-state index contributed by atoms with van der Waals surface area (Å²) in [6.45, 7) is 4.55. The molecule has 0 saturated carbocycles. The average molecular weight is 370 g/mol. The van der Waals surface area contributed by atoms with E-state index in [-0.39, 0.29) is 17.6 Å². The second-order valence-corrected chi connectivity index (χ2v) is 7.04. The molecule has 0 atom stereocenters. The maximum Gasteiger partial charge on any atom is 0.223 e. The number of benzene rings is 1. The van der Waals surface area contributed by atoms with E-state index in [1.165, 1.54) is 12.1 Å². The van der Waals surface area contributed by atoms with Crippen LogP contribution in [0.25, 0.3) is 11.3 Å². The van der Waals surface area contributed by atoms with Crippen LogP contribution >= 0.6 is 0 Å². The summed E-state index contributed by atoms with van der Waals surface area (Å²) in [6.07, 6.45) is 5.04. The Kier molecular flexibility index (Phi) is 6.74. The van der Waals surface area contributed by atoms with Crippen LogP contribution in [0.2, 0.25) is 0 Å². The van der Waals surface area contributed by atoms with Gasteiger partial charge in [-0.15, -0.1) is 10.2 Å². The molecule has 1 aromatic heterocycles. The van der Waals surface area contributed by atoms with E-state index in [1.54, 1.807) is 12.1 Å². The number of halogens is 1. The predicted molar refractivity (Wildman–Crippen MR) is 105 cm³/mol. The molecule has 144 valence electrons. The monoisotopic (exact) mass is 370 g/mol. The number of nitrogens with one attached hydrogen (secondary N) is 1. The molecule has 3 rings (SSSR count). The van der Waals surface area contributed by atoms with Crippen molar-refractivity contribution < 1.29 is 9.18 Å². The molecule has 0 aliphatic carbocycles. The zero-order valence-electron chi connectivity index (χ0n) is 15.8. The summed E-state index contributed by atoms with van der Waals surface area (Å²) in [5.41, 5.74) is 1.56. The number of hydrogen-bond acceptors (Lipinski definition) is 4. The molecule has 1 aliphatic rings. The molecule has 1 fully saturated rings. The van der Waals surface area contributed by atoms with E-state index in [2.05, 4.69) is 27.3 Å². The highest BCUT2D eigenvalue weighted by Crippen LogP contribution is 2.23. The Bertz CT molecular complexity index is 725. The molecule has 1 aromatic carbocycles. The SMILES string of the molecule is CCCCCNC(=O)C1CCN(c2ccc(-c3ccc(F)cc3)nn2)CC1. The molecule has 2 heterocycles. The standard InChI is InChI=1S/C21H27FN4O/c1-2-3-4-13-23-21(27)17-11-14-26(15-12-17)20-10-9-19(24-25-20)16-5-7-18(22)8-6-16/h5-10,17H,2-4,11-15H2,1H3,(H,23,27). The van der Waals surface area contributed by atoms with Gasteiger partial charge in [0, 0.05) is 31.1 Å². The minimum absolute atomic E-state index is 0.0920. The summed E-state index contributed by atoms with van der Waals surface area (Å²) in [7, 11) is 0. The minimum atomic E-state index is -0.263. The van der Waals surface area contributed by atoms with Gasteiger partial charge in [0.25, 0.3) is 0 Å². The number of carbonyl (C=O) groups is 1. The second-order valence-electron chi connectivity index (χ2n) is 7.04. The Morgan fingerprint density at radius 3 is 2.48 bits per heavy atom. The molecule has 0 spiro atoms. The highest BCUT2D eigenvalue weighted by Gasteiger charge is 2.25. The second kappa shape index (κ2) is 9.44. The summed E-state index contributed by atoms with van der Waals surface area (Å²) in [5.74, 6) is 0.834. The van der Waals surface area contributed by atoms with Crippen molar-refractivity contribution in [3.05, 3.63) is 42.2 Å². The summed E-state index contributed by atoms with van der Waals surface area (Å²) in [5, 5.41) is 11.7. The number of aromatic nitrogens is 2. The molecule has 1 amide bonds. The maximum absolute atomic E-state index is 13.0. The molecule has 1 N–H and O–H groups in total. The molecular formula is C21H27FN4O. The van der Waals surface area contributed by atoms with E-state index in [4.69, 9.17) is 0 Å². The summed E-state index contributed by atoms with van der Waals surface area (Å²) in [4.78, 5) is 14.4. The molecule has 5 nitrogen and oxygen atoms in total. The minimum Gasteiger partial charge on any atom is -0.356 e. The van der Waals surface area contributed by atoms with Gasteiger partial charge in [0.05, 0.1) is 5.69 Å². The lowest BCUT2D eigenvalue weighted by Gasteiger charge is -2.31. The third-order valence-electron chi connectivity index (χ3n) is 5.06. The van der Waals surface area contributed by atoms with Crippen LogP contribution in [0.5, 0.6) is 0 Å². The lowest BCUT2D eigenvalue weighted by Crippen LogP contribution is -2.41. The first-order valence-electron chi connectivity index (χ1n) is 9.79. The third-order valence-corrected chi connectivity index (χ3v) is 5.06. The van der Waals surface area contributed by atoms with Crippen LogP contribution in [-0.2, 0) is 4.79 Å². The van der Waals surface area contributed by atoms with Gasteiger partial charge in [-0.25, -0.2) is 4.39 Å². The number of unbranched alkanes of at least 4 members (excludes halogenated alkanes) is 2. The van der Waals surface area contributed by atoms with E-state index >= 15 is 0 Å². The van der Waals surface area contributed by atoms with Gasteiger partial charge >= 0.3 is 0 Å². The zero-order valence-corrected chi connectivity index (χ0v) is 15.8. The number of anilines is 1. The number of rotatable bonds is 7. The number of hydrogen-bond donors (Lipinski definition) is 1. The summed E-state index contributed by atoms with van der Waals surface area (Å²) in [6, 6.07) is 10.1. The molecule has 27 heavy (non-hydrogen) atoms. The van der Waals surface area contributed by atoms with Gasteiger partial charge < -0.3 is 10.2 Å². The van der Waals surface area contributed by atoms with E-state index in [9.17, 15) is 9.18 Å². The summed E-state index contributed by atoms with van der Waals surface area (Å²) < 4.78 is 13.0. The van der Waals surface area contributed by atoms with Gasteiger partial charge in [-0.1, -0.05) is 19.8 Å². The van der Waals surface area contributed by atoms with Gasteiger partial charge in [-0.2, -0.15) is 0 Å². The molecule has 0 unspecified atom stereocenters. The lowest BCUT2D eigenvalue weighted by atomic mass is 9.96. The van der Waals surface area contributed by atoms with Crippen LogP contribution in [0.4, 0.5) is 10.2 Å². The Morgan fingerprint density at radius 2 is 1.85 bits per heavy atom. The first-order chi connectivity index (χ1) is 13.2. The van der Waals surface area contributed by atoms with Gasteiger partial charge in [0.15, 0.2) is 5.82 Å². The predicted octanol–water partition coefficient (Wildman–Crippen LogP) is 3.81. The zero-order chi connectivity index (χ0) is 19.1. The average Bonchev–Trinajstić information content (AvgIpc) is 2.72. The first kappa shape index (κ1) is 19.3. The van der Waals surface area contributed by atoms with Crippen molar-refractivity contribution in [1.82, 2.24) is 15.5 Å². The number of carbonyl (C=O) groups excluding carboxylic acids is 1. The largest absolute Gasteiger partial charge is 0.356 e. The van der Waals surface area contributed by atoms with Crippen molar-refractivity contribution in [2.75, 3.05) is 24.5 Å². The quantitative estimate of drug-likeness (QED) is 0.753. The van der Waals surface area contributed by atoms with E-state index in [1.807, 2.05) is 12.1 Å². The molecule has 6 heteroatoms. The van der Waals surface area contributed by atoms with E-state index in [0.717, 1.165) is 68.8 Å². The van der Waals surface area contributed by atoms with E-state index in [0.29, 0.717) is 0 Å². The fourth-order valence-electron chi connectivity index (χ4n) is 3.37. The van der Waals surface area contributed by atoms with Crippen molar-refractivity contribution in [2.45, 2.75) is 39.0 Å². The van der Waals surface area contributed by atoms with Crippen molar-refractivity contribution in [3.63, 3.8) is 0 Å². The van der Waals surface area contributed by atoms with Crippen LogP contribution in [0.1, 0.15) is 39.0 Å². The fourth-order valence-corrected chi connectivity index (χ4v) is 3.37. The smallest absolute Gasteiger partial charge is 0.223 e. The van der Waals surface area contributed by atoms with Gasteiger partial charge in [0.1, 0.15) is 5.82 Å². The van der Waals surface area contributed by atoms with Crippen LogP contribution in [0.3, 0.4) is 0 Å². The first-order valence-corrected chi connectivity index (χ1v) is 9.79. The molecule has 1 saturated heterocycles. The number of nitrogens with zero attached hydrogens (tertiary/aromatic N) is 3. The Labute approximate surface area is 160 Å². The van der Waals surface area contributed by atoms with Crippen molar-refractivity contribution in [1.29, 1.82) is 0 Å². The molecule has 1 aliphatic heterocycles. The number of amides is 1. The van der Waals surface area contributed by atoms with Gasteiger partial charge in [-0.05, 0) is 55.7 Å². The summed E-state index contributed by atoms with van der Waals surface area (Å²) >= 11 is 0. The van der Waals surface area contributed by atoms with Crippen LogP contribution in [-0.4, -0.2) is 35.7 Å². The van der Waals surface area contributed by atoms with Crippen molar-refractivity contribution in [3.8, 4) is 11.3 Å². The lowest BCUT2D eigenvalue weighted by molar-refractivity contribution is -0.125. The van der Waals surface area contributed by atoms with Crippen molar-refractivity contribution in [2.24, 2.45) is 5.92 Å². The maximum atomic E-state index is 13.0. The molecule has 2 aromatic rings. The Hall–Kier alpha value is -2.50.